The number of nitrogens with one attached hydrogen (secondary N) is 1. The third kappa shape index (κ3) is 2.14. The first-order valence-corrected chi connectivity index (χ1v) is 6.42. The largest absolute Gasteiger partial charge is 0.416 e. The highest BCUT2D eigenvalue weighted by Gasteiger charge is 2.38. The molecular formula is C14H16F3N. The monoisotopic (exact) mass is 255 g/mol. The lowest BCUT2D eigenvalue weighted by Gasteiger charge is -2.13. The van der Waals surface area contributed by atoms with Gasteiger partial charge >= 0.3 is 6.18 Å². The van der Waals surface area contributed by atoms with Gasteiger partial charge in [0.15, 0.2) is 0 Å². The van der Waals surface area contributed by atoms with Crippen molar-refractivity contribution in [3.63, 3.8) is 0 Å². The molecule has 0 aromatic heterocycles. The van der Waals surface area contributed by atoms with E-state index in [2.05, 4.69) is 5.32 Å². The van der Waals surface area contributed by atoms with Crippen molar-refractivity contribution in [1.82, 2.24) is 5.32 Å². The van der Waals surface area contributed by atoms with Gasteiger partial charge in [0.2, 0.25) is 0 Å². The quantitative estimate of drug-likeness (QED) is 0.810. The van der Waals surface area contributed by atoms with E-state index in [4.69, 9.17) is 0 Å². The molecule has 1 N–H and O–H groups in total. The van der Waals surface area contributed by atoms with Gasteiger partial charge in [-0.2, -0.15) is 13.2 Å². The first-order valence-electron chi connectivity index (χ1n) is 6.42. The van der Waals surface area contributed by atoms with E-state index >= 15 is 0 Å². The minimum Gasteiger partial charge on any atom is -0.316 e. The Bertz CT molecular complexity index is 412. The molecule has 1 saturated heterocycles. The van der Waals surface area contributed by atoms with Crippen LogP contribution in [0, 0.1) is 11.8 Å². The second-order valence-corrected chi connectivity index (χ2v) is 5.47. The number of fused-ring (bicyclic) bond motifs is 1. The van der Waals surface area contributed by atoms with Gasteiger partial charge in [-0.05, 0) is 61.4 Å². The summed E-state index contributed by atoms with van der Waals surface area (Å²) in [6, 6.07) is 5.73. The lowest BCUT2D eigenvalue weighted by molar-refractivity contribution is -0.137. The van der Waals surface area contributed by atoms with E-state index in [1.54, 1.807) is 12.1 Å². The van der Waals surface area contributed by atoms with Crippen molar-refractivity contribution in [3.8, 4) is 0 Å². The second-order valence-electron chi connectivity index (χ2n) is 5.47. The Morgan fingerprint density at radius 3 is 2.00 bits per heavy atom. The molecule has 1 nitrogen and oxygen atoms in total. The van der Waals surface area contributed by atoms with Gasteiger partial charge < -0.3 is 5.32 Å². The predicted molar refractivity (Wildman–Crippen MR) is 63.3 cm³/mol. The summed E-state index contributed by atoms with van der Waals surface area (Å²) in [5, 5.41) is 3.38. The van der Waals surface area contributed by atoms with Crippen LogP contribution in [0.25, 0.3) is 0 Å². The first kappa shape index (κ1) is 12.0. The maximum absolute atomic E-state index is 12.5. The highest BCUT2D eigenvalue weighted by molar-refractivity contribution is 5.28. The minimum absolute atomic E-state index is 0.449. The molecule has 1 aliphatic carbocycles. The zero-order valence-electron chi connectivity index (χ0n) is 10.0. The molecule has 4 heteroatoms. The average molecular weight is 255 g/mol. The molecule has 2 fully saturated rings. The molecular weight excluding hydrogens is 239 g/mol. The number of benzene rings is 1. The zero-order chi connectivity index (χ0) is 12.8. The summed E-state index contributed by atoms with van der Waals surface area (Å²) in [5.74, 6) is 1.89. The van der Waals surface area contributed by atoms with Gasteiger partial charge in [0.05, 0.1) is 5.56 Å². The highest BCUT2D eigenvalue weighted by Crippen LogP contribution is 2.44. The van der Waals surface area contributed by atoms with Gasteiger partial charge in [0, 0.05) is 0 Å². The second kappa shape index (κ2) is 4.26. The smallest absolute Gasteiger partial charge is 0.316 e. The van der Waals surface area contributed by atoms with E-state index in [0.717, 1.165) is 43.3 Å². The van der Waals surface area contributed by atoms with Crippen molar-refractivity contribution in [2.75, 3.05) is 13.1 Å². The molecule has 1 aromatic carbocycles. The summed E-state index contributed by atoms with van der Waals surface area (Å²) in [5.41, 5.74) is 0.517. The topological polar surface area (TPSA) is 12.0 Å². The summed E-state index contributed by atoms with van der Waals surface area (Å²) in [7, 11) is 0. The number of hydrogen-bond acceptors (Lipinski definition) is 1. The van der Waals surface area contributed by atoms with Crippen LogP contribution in [0.15, 0.2) is 24.3 Å². The van der Waals surface area contributed by atoms with Crippen molar-refractivity contribution < 1.29 is 13.2 Å². The maximum atomic E-state index is 12.5. The molecule has 3 rings (SSSR count). The molecule has 0 radical (unpaired) electrons. The van der Waals surface area contributed by atoms with Gasteiger partial charge in [0.1, 0.15) is 0 Å². The van der Waals surface area contributed by atoms with E-state index in [1.165, 1.54) is 12.1 Å². The number of rotatable bonds is 1. The minimum atomic E-state index is -4.23. The van der Waals surface area contributed by atoms with E-state index in [0.29, 0.717) is 5.92 Å². The van der Waals surface area contributed by atoms with Gasteiger partial charge in [-0.25, -0.2) is 0 Å². The van der Waals surface area contributed by atoms with Gasteiger partial charge in [-0.15, -0.1) is 0 Å². The maximum Gasteiger partial charge on any atom is 0.416 e. The fourth-order valence-corrected chi connectivity index (χ4v) is 3.38. The summed E-state index contributed by atoms with van der Waals surface area (Å²) >= 11 is 0. The third-order valence-electron chi connectivity index (χ3n) is 4.36. The summed E-state index contributed by atoms with van der Waals surface area (Å²) in [4.78, 5) is 0. The Kier molecular flexibility index (Phi) is 2.85. The zero-order valence-corrected chi connectivity index (χ0v) is 10.0. The van der Waals surface area contributed by atoms with Gasteiger partial charge in [-0.3, -0.25) is 0 Å². The molecule has 2 aliphatic rings. The van der Waals surface area contributed by atoms with E-state index in [1.807, 2.05) is 0 Å². The Hall–Kier alpha value is -1.03. The molecule has 1 aromatic rings. The van der Waals surface area contributed by atoms with Crippen molar-refractivity contribution in [2.45, 2.75) is 24.9 Å². The van der Waals surface area contributed by atoms with Crippen molar-refractivity contribution in [3.05, 3.63) is 35.4 Å². The summed E-state index contributed by atoms with van der Waals surface area (Å²) < 4.78 is 37.4. The predicted octanol–water partition coefficient (Wildman–Crippen LogP) is 3.42. The van der Waals surface area contributed by atoms with Gasteiger partial charge in [0.25, 0.3) is 0 Å². The average Bonchev–Trinajstić information content (AvgIpc) is 2.88. The molecule has 0 spiro atoms. The Balaban J connectivity index is 1.74. The molecule has 2 atom stereocenters. The van der Waals surface area contributed by atoms with Crippen LogP contribution in [-0.2, 0) is 6.18 Å². The van der Waals surface area contributed by atoms with Gasteiger partial charge in [-0.1, -0.05) is 12.1 Å². The first-order chi connectivity index (χ1) is 8.54. The highest BCUT2D eigenvalue weighted by atomic mass is 19.4. The summed E-state index contributed by atoms with van der Waals surface area (Å²) in [6.07, 6.45) is -2.00. The van der Waals surface area contributed by atoms with Crippen LogP contribution in [0.5, 0.6) is 0 Å². The normalized spacial score (nSPS) is 31.6. The molecule has 0 amide bonds. The molecule has 0 bridgehead atoms. The molecule has 1 heterocycles. The van der Waals surface area contributed by atoms with Crippen LogP contribution in [0.1, 0.15) is 29.9 Å². The van der Waals surface area contributed by atoms with Crippen LogP contribution in [0.2, 0.25) is 0 Å². The van der Waals surface area contributed by atoms with Crippen LogP contribution in [0.4, 0.5) is 13.2 Å². The molecule has 18 heavy (non-hydrogen) atoms. The van der Waals surface area contributed by atoms with E-state index in [9.17, 15) is 13.2 Å². The standard InChI is InChI=1S/C14H16F3N/c15-14(16,17)13-3-1-9(2-4-13)10-5-11-7-18-8-12(11)6-10/h1-4,10-12,18H,5-8H2. The Morgan fingerprint density at radius 2 is 1.50 bits per heavy atom. The van der Waals surface area contributed by atoms with Crippen molar-refractivity contribution >= 4 is 0 Å². The van der Waals surface area contributed by atoms with Crippen LogP contribution in [0.3, 0.4) is 0 Å². The summed E-state index contributed by atoms with van der Waals surface area (Å²) in [6.45, 7) is 2.14. The number of alkyl halides is 3. The Labute approximate surface area is 104 Å². The lowest BCUT2D eigenvalue weighted by Crippen LogP contribution is -2.11. The molecule has 1 saturated carbocycles. The molecule has 2 unspecified atom stereocenters. The van der Waals surface area contributed by atoms with Crippen molar-refractivity contribution in [1.29, 1.82) is 0 Å². The fourth-order valence-electron chi connectivity index (χ4n) is 3.38. The van der Waals surface area contributed by atoms with E-state index < -0.39 is 11.7 Å². The van der Waals surface area contributed by atoms with Crippen LogP contribution in [-0.4, -0.2) is 13.1 Å². The van der Waals surface area contributed by atoms with Crippen LogP contribution >= 0.6 is 0 Å². The fraction of sp³-hybridized carbons (Fsp3) is 0.571. The SMILES string of the molecule is FC(F)(F)c1ccc(C2CC3CNCC3C2)cc1. The third-order valence-corrected chi connectivity index (χ3v) is 4.36. The van der Waals surface area contributed by atoms with Crippen LogP contribution < -0.4 is 5.32 Å². The molecule has 98 valence electrons. The number of hydrogen-bond donors (Lipinski definition) is 1. The van der Waals surface area contributed by atoms with E-state index in [-0.39, 0.29) is 0 Å². The number of halogens is 3. The molecule has 1 aliphatic heterocycles. The van der Waals surface area contributed by atoms with Crippen molar-refractivity contribution in [2.24, 2.45) is 11.8 Å². The Morgan fingerprint density at radius 1 is 0.944 bits per heavy atom. The lowest BCUT2D eigenvalue weighted by atomic mass is 9.95.